The minimum absolute atomic E-state index is 0.0444. The van der Waals surface area contributed by atoms with Gasteiger partial charge >= 0.3 is 0 Å². The molecule has 0 unspecified atom stereocenters. The van der Waals surface area contributed by atoms with Crippen LogP contribution >= 0.6 is 11.3 Å². The molecule has 4 rings (SSSR count). The zero-order valence-corrected chi connectivity index (χ0v) is 15.7. The molecule has 1 amide bonds. The summed E-state index contributed by atoms with van der Waals surface area (Å²) in [4.78, 5) is 13.1. The average Bonchev–Trinajstić information content (AvgIpc) is 3.33. The summed E-state index contributed by atoms with van der Waals surface area (Å²) in [5, 5.41) is 11.9. The summed E-state index contributed by atoms with van der Waals surface area (Å²) in [5.74, 6) is -2.78. The molecule has 0 spiro atoms. The highest BCUT2D eigenvalue weighted by Crippen LogP contribution is 2.26. The molecule has 2 N–H and O–H groups in total. The van der Waals surface area contributed by atoms with Crippen molar-refractivity contribution in [3.05, 3.63) is 81.4 Å². The second kappa shape index (κ2) is 7.92. The Morgan fingerprint density at radius 3 is 2.69 bits per heavy atom. The molecule has 2 heterocycles. The number of anilines is 1. The van der Waals surface area contributed by atoms with E-state index in [-0.39, 0.29) is 18.0 Å². The van der Waals surface area contributed by atoms with Crippen LogP contribution in [0.4, 0.5) is 18.9 Å². The minimum Gasteiger partial charge on any atom is -0.323 e. The zero-order valence-electron chi connectivity index (χ0n) is 14.9. The molecule has 0 saturated carbocycles. The van der Waals surface area contributed by atoms with E-state index in [0.717, 1.165) is 17.0 Å². The van der Waals surface area contributed by atoms with E-state index in [2.05, 4.69) is 15.5 Å². The van der Waals surface area contributed by atoms with Gasteiger partial charge in [0.1, 0.15) is 5.82 Å². The Kier molecular flexibility index (Phi) is 5.18. The number of nitrogens with zero attached hydrogens (tertiary/aromatic N) is 1. The van der Waals surface area contributed by atoms with E-state index in [1.54, 1.807) is 12.2 Å². The predicted molar refractivity (Wildman–Crippen MR) is 108 cm³/mol. The number of rotatable bonds is 5. The van der Waals surface area contributed by atoms with Gasteiger partial charge in [-0.2, -0.15) is 5.10 Å². The second-order valence-corrected chi connectivity index (χ2v) is 7.33. The predicted octanol–water partition coefficient (Wildman–Crippen LogP) is 5.39. The van der Waals surface area contributed by atoms with Crippen LogP contribution in [-0.4, -0.2) is 16.1 Å². The maximum absolute atomic E-state index is 14.3. The summed E-state index contributed by atoms with van der Waals surface area (Å²) in [6.07, 6.45) is 3.32. The van der Waals surface area contributed by atoms with Crippen molar-refractivity contribution >= 4 is 46.0 Å². The van der Waals surface area contributed by atoms with Gasteiger partial charge in [0.25, 0.3) is 0 Å². The molecule has 0 bridgehead atoms. The Morgan fingerprint density at radius 1 is 1.07 bits per heavy atom. The first kappa shape index (κ1) is 18.9. The summed E-state index contributed by atoms with van der Waals surface area (Å²) in [5.41, 5.74) is 1.41. The van der Waals surface area contributed by atoms with Crippen LogP contribution < -0.4 is 5.32 Å². The first-order valence-electron chi connectivity index (χ1n) is 8.62. The normalized spacial score (nSPS) is 11.4. The molecular formula is C21H14F3N3OS. The van der Waals surface area contributed by atoms with Crippen LogP contribution in [0.3, 0.4) is 0 Å². The van der Waals surface area contributed by atoms with Gasteiger partial charge in [-0.05, 0) is 41.3 Å². The third-order valence-electron chi connectivity index (χ3n) is 4.25. The molecule has 2 aromatic carbocycles. The monoisotopic (exact) mass is 413 g/mol. The van der Waals surface area contributed by atoms with Crippen LogP contribution in [0.15, 0.2) is 47.8 Å². The Labute approximate surface area is 167 Å². The molecule has 8 heteroatoms. The molecule has 0 aliphatic carbocycles. The Balaban J connectivity index is 1.59. The van der Waals surface area contributed by atoms with E-state index < -0.39 is 17.5 Å². The van der Waals surface area contributed by atoms with Crippen molar-refractivity contribution in [2.24, 2.45) is 0 Å². The van der Waals surface area contributed by atoms with Gasteiger partial charge in [-0.15, -0.1) is 11.3 Å². The molecule has 2 aromatic heterocycles. The molecule has 0 aliphatic heterocycles. The number of carbonyl (C=O) groups is 1. The summed E-state index contributed by atoms with van der Waals surface area (Å²) in [7, 11) is 0. The lowest BCUT2D eigenvalue weighted by atomic mass is 10.1. The Hall–Kier alpha value is -3.39. The van der Waals surface area contributed by atoms with Crippen molar-refractivity contribution < 1.29 is 18.0 Å². The van der Waals surface area contributed by atoms with Crippen molar-refractivity contribution in [1.29, 1.82) is 0 Å². The Bertz CT molecular complexity index is 1220. The van der Waals surface area contributed by atoms with Gasteiger partial charge in [0, 0.05) is 16.3 Å². The number of fused-ring (bicyclic) bond motifs is 1. The number of thiophene rings is 1. The number of halogens is 3. The number of carbonyl (C=O) groups excluding carboxylic acids is 1. The number of aromatic nitrogens is 2. The fourth-order valence-electron chi connectivity index (χ4n) is 2.84. The number of hydrogen-bond acceptors (Lipinski definition) is 3. The molecule has 29 heavy (non-hydrogen) atoms. The van der Waals surface area contributed by atoms with Gasteiger partial charge in [-0.3, -0.25) is 9.89 Å². The van der Waals surface area contributed by atoms with Crippen LogP contribution in [0, 0.1) is 17.5 Å². The van der Waals surface area contributed by atoms with Crippen LogP contribution in [0.1, 0.15) is 16.1 Å². The van der Waals surface area contributed by atoms with Crippen molar-refractivity contribution in [2.45, 2.75) is 6.42 Å². The maximum atomic E-state index is 14.3. The lowest BCUT2D eigenvalue weighted by Gasteiger charge is -2.06. The van der Waals surface area contributed by atoms with E-state index in [9.17, 15) is 18.0 Å². The number of nitrogens with one attached hydrogen (secondary N) is 2. The lowest BCUT2D eigenvalue weighted by Crippen LogP contribution is -2.14. The first-order valence-corrected chi connectivity index (χ1v) is 9.50. The summed E-state index contributed by atoms with van der Waals surface area (Å²) < 4.78 is 40.7. The summed E-state index contributed by atoms with van der Waals surface area (Å²) >= 11 is 1.45. The van der Waals surface area contributed by atoms with Gasteiger partial charge in [-0.25, -0.2) is 13.2 Å². The molecule has 0 atom stereocenters. The van der Waals surface area contributed by atoms with Crippen molar-refractivity contribution in [3.8, 4) is 0 Å². The smallest absolute Gasteiger partial charge is 0.229 e. The van der Waals surface area contributed by atoms with Crippen LogP contribution in [0.2, 0.25) is 0 Å². The summed E-state index contributed by atoms with van der Waals surface area (Å²) in [6, 6.07) is 9.95. The average molecular weight is 413 g/mol. The molecule has 0 aliphatic rings. The van der Waals surface area contributed by atoms with Crippen molar-refractivity contribution in [3.63, 3.8) is 0 Å². The highest BCUT2D eigenvalue weighted by molar-refractivity contribution is 7.10. The minimum atomic E-state index is -0.947. The standard InChI is InChI=1S/C21H14F3N3OS/c22-15-5-3-12(8-16(15)23)4-6-18-14-10-20(17(24)11-19(14)27-26-18)25-21(28)9-13-2-1-7-29-13/h1-8,10-11H,9H2,(H,25,28)(H,26,27). The number of hydrogen-bond donors (Lipinski definition) is 2. The maximum Gasteiger partial charge on any atom is 0.229 e. The molecule has 4 aromatic rings. The third kappa shape index (κ3) is 4.22. The quantitative estimate of drug-likeness (QED) is 0.461. The van der Waals surface area contributed by atoms with Crippen molar-refractivity contribution in [1.82, 2.24) is 10.2 Å². The van der Waals surface area contributed by atoms with E-state index >= 15 is 0 Å². The number of benzene rings is 2. The van der Waals surface area contributed by atoms with E-state index in [4.69, 9.17) is 0 Å². The molecule has 0 radical (unpaired) electrons. The molecule has 0 saturated heterocycles. The highest BCUT2D eigenvalue weighted by atomic mass is 32.1. The molecule has 4 nitrogen and oxygen atoms in total. The second-order valence-electron chi connectivity index (χ2n) is 6.30. The van der Waals surface area contributed by atoms with Gasteiger partial charge in [0.15, 0.2) is 11.6 Å². The van der Waals surface area contributed by atoms with Gasteiger partial charge in [-0.1, -0.05) is 18.2 Å². The first-order chi connectivity index (χ1) is 14.0. The fourth-order valence-corrected chi connectivity index (χ4v) is 3.54. The zero-order chi connectivity index (χ0) is 20.4. The number of H-pyrrole nitrogens is 1. The number of aromatic amines is 1. The van der Waals surface area contributed by atoms with Crippen molar-refractivity contribution in [2.75, 3.05) is 5.32 Å². The SMILES string of the molecule is O=C(Cc1cccs1)Nc1cc2c(C=Cc3ccc(F)c(F)c3)n[nH]c2cc1F. The molecular weight excluding hydrogens is 399 g/mol. The van der Waals surface area contributed by atoms with Crippen LogP contribution in [-0.2, 0) is 11.2 Å². The van der Waals surface area contributed by atoms with Crippen LogP contribution in [0.25, 0.3) is 23.1 Å². The van der Waals surface area contributed by atoms with Gasteiger partial charge in [0.05, 0.1) is 23.3 Å². The van der Waals surface area contributed by atoms with Crippen LogP contribution in [0.5, 0.6) is 0 Å². The van der Waals surface area contributed by atoms with Gasteiger partial charge in [0.2, 0.25) is 5.91 Å². The third-order valence-corrected chi connectivity index (χ3v) is 5.12. The highest BCUT2D eigenvalue weighted by Gasteiger charge is 2.13. The summed E-state index contributed by atoms with van der Waals surface area (Å²) in [6.45, 7) is 0. The molecule has 146 valence electrons. The topological polar surface area (TPSA) is 57.8 Å². The van der Waals surface area contributed by atoms with E-state index in [1.165, 1.54) is 29.5 Å². The largest absolute Gasteiger partial charge is 0.323 e. The fraction of sp³-hybridized carbons (Fsp3) is 0.0476. The molecule has 0 fully saturated rings. The lowest BCUT2D eigenvalue weighted by molar-refractivity contribution is -0.115. The Morgan fingerprint density at radius 2 is 1.93 bits per heavy atom. The van der Waals surface area contributed by atoms with E-state index in [0.29, 0.717) is 22.2 Å². The van der Waals surface area contributed by atoms with Gasteiger partial charge < -0.3 is 5.32 Å². The number of amides is 1. The van der Waals surface area contributed by atoms with E-state index in [1.807, 2.05) is 17.5 Å².